The number of nitrogens with one attached hydrogen (secondary N) is 1. The molecule has 2 aromatic carbocycles. The number of hydrogen-bond acceptors (Lipinski definition) is 2. The summed E-state index contributed by atoms with van der Waals surface area (Å²) in [6, 6.07) is 7.35. The summed E-state index contributed by atoms with van der Waals surface area (Å²) in [6.45, 7) is 0.272. The summed E-state index contributed by atoms with van der Waals surface area (Å²) < 4.78 is 45.1. The fraction of sp³-hybridized carbons (Fsp3) is 0.200. The first-order valence-corrected chi connectivity index (χ1v) is 6.75. The normalized spacial score (nSPS) is 16.5. The van der Waals surface area contributed by atoms with Gasteiger partial charge in [-0.05, 0) is 35.9 Å². The van der Waals surface area contributed by atoms with Gasteiger partial charge in [-0.25, -0.2) is 13.2 Å². The van der Waals surface area contributed by atoms with Crippen LogP contribution in [0.3, 0.4) is 0 Å². The Bertz CT molecular complexity index is 693. The van der Waals surface area contributed by atoms with Crippen molar-refractivity contribution in [3.63, 3.8) is 0 Å². The molecule has 6 heteroatoms. The molecule has 21 heavy (non-hydrogen) atoms. The zero-order valence-corrected chi connectivity index (χ0v) is 11.6. The van der Waals surface area contributed by atoms with Crippen LogP contribution in [0.4, 0.5) is 18.9 Å². The zero-order valence-electron chi connectivity index (χ0n) is 10.8. The molecule has 0 aliphatic carbocycles. The molecule has 1 unspecified atom stereocenters. The molecule has 2 nitrogen and oxygen atoms in total. The first-order chi connectivity index (χ1) is 10.0. The van der Waals surface area contributed by atoms with E-state index in [2.05, 4.69) is 5.32 Å². The lowest BCUT2D eigenvalue weighted by Gasteiger charge is -2.13. The Morgan fingerprint density at radius 3 is 2.76 bits per heavy atom. The van der Waals surface area contributed by atoms with Crippen molar-refractivity contribution in [1.82, 2.24) is 0 Å². The van der Waals surface area contributed by atoms with E-state index in [0.717, 1.165) is 23.4 Å². The third-order valence-corrected chi connectivity index (χ3v) is 3.55. The molecule has 0 saturated carbocycles. The van der Waals surface area contributed by atoms with Gasteiger partial charge in [0.05, 0.1) is 12.2 Å². The van der Waals surface area contributed by atoms with Gasteiger partial charge in [0.1, 0.15) is 11.9 Å². The first kappa shape index (κ1) is 14.1. The zero-order chi connectivity index (χ0) is 15.0. The lowest BCUT2D eigenvalue weighted by Crippen LogP contribution is -2.24. The van der Waals surface area contributed by atoms with Gasteiger partial charge in [-0.2, -0.15) is 0 Å². The quantitative estimate of drug-likeness (QED) is 0.859. The van der Waals surface area contributed by atoms with Gasteiger partial charge in [-0.15, -0.1) is 0 Å². The average Bonchev–Trinajstić information content (AvgIpc) is 2.86. The number of benzene rings is 2. The number of rotatable bonds is 3. The second kappa shape index (κ2) is 5.48. The molecule has 1 aliphatic heterocycles. The van der Waals surface area contributed by atoms with Crippen LogP contribution in [0, 0.1) is 17.5 Å². The number of hydrogen-bond donors (Lipinski definition) is 1. The fourth-order valence-electron chi connectivity index (χ4n) is 2.29. The van der Waals surface area contributed by atoms with E-state index in [1.807, 2.05) is 6.07 Å². The molecule has 1 atom stereocenters. The van der Waals surface area contributed by atoms with E-state index in [4.69, 9.17) is 16.3 Å². The molecule has 0 aromatic heterocycles. The van der Waals surface area contributed by atoms with E-state index in [1.54, 1.807) is 12.1 Å². The minimum absolute atomic E-state index is 0.0912. The first-order valence-electron chi connectivity index (χ1n) is 6.37. The van der Waals surface area contributed by atoms with Gasteiger partial charge in [-0.1, -0.05) is 11.6 Å². The van der Waals surface area contributed by atoms with E-state index >= 15 is 0 Å². The number of anilines is 1. The molecule has 2 aromatic rings. The molecule has 110 valence electrons. The summed E-state index contributed by atoms with van der Waals surface area (Å²) in [5.41, 5.74) is 0.881. The van der Waals surface area contributed by atoms with E-state index in [0.29, 0.717) is 11.4 Å². The summed E-state index contributed by atoms with van der Waals surface area (Å²) >= 11 is 5.90. The molecule has 1 aliphatic rings. The van der Waals surface area contributed by atoms with Crippen LogP contribution in [0.25, 0.3) is 0 Å². The van der Waals surface area contributed by atoms with E-state index in [9.17, 15) is 13.2 Å². The standard InChI is InChI=1S/C15H11ClF3NO/c16-9-1-4-13-8(5-9)6-10(21-13)7-20-12-3-2-11(17)14(18)15(12)19/h1-5,10,20H,6-7H2. The Kier molecular flexibility index (Phi) is 3.68. The minimum atomic E-state index is -1.48. The second-order valence-corrected chi connectivity index (χ2v) is 5.24. The van der Waals surface area contributed by atoms with Gasteiger partial charge < -0.3 is 10.1 Å². The molecule has 3 rings (SSSR count). The molecule has 0 radical (unpaired) electrons. The third-order valence-electron chi connectivity index (χ3n) is 3.32. The molecular weight excluding hydrogens is 303 g/mol. The highest BCUT2D eigenvalue weighted by atomic mass is 35.5. The maximum atomic E-state index is 13.5. The predicted octanol–water partition coefficient (Wildman–Crippen LogP) is 4.17. The second-order valence-electron chi connectivity index (χ2n) is 4.80. The summed E-state index contributed by atoms with van der Waals surface area (Å²) in [6.07, 6.45) is 0.403. The fourth-order valence-corrected chi connectivity index (χ4v) is 2.48. The van der Waals surface area contributed by atoms with Gasteiger partial charge in [0.2, 0.25) is 0 Å². The minimum Gasteiger partial charge on any atom is -0.488 e. The molecule has 0 bridgehead atoms. The number of halogens is 4. The van der Waals surface area contributed by atoms with Crippen LogP contribution in [-0.2, 0) is 6.42 Å². The van der Waals surface area contributed by atoms with Crippen molar-refractivity contribution < 1.29 is 17.9 Å². The Labute approximate surface area is 124 Å². The molecular formula is C15H11ClF3NO. The van der Waals surface area contributed by atoms with Crippen molar-refractivity contribution in [3.05, 3.63) is 58.4 Å². The monoisotopic (exact) mass is 313 g/mol. The maximum absolute atomic E-state index is 13.5. The predicted molar refractivity (Wildman–Crippen MR) is 74.4 cm³/mol. The lowest BCUT2D eigenvalue weighted by molar-refractivity contribution is 0.246. The Morgan fingerprint density at radius 2 is 1.95 bits per heavy atom. The Morgan fingerprint density at radius 1 is 1.14 bits per heavy atom. The summed E-state index contributed by atoms with van der Waals surface area (Å²) in [4.78, 5) is 0. The van der Waals surface area contributed by atoms with Gasteiger partial charge >= 0.3 is 0 Å². The topological polar surface area (TPSA) is 21.3 Å². The highest BCUT2D eigenvalue weighted by Crippen LogP contribution is 2.31. The van der Waals surface area contributed by atoms with Gasteiger partial charge in [0.15, 0.2) is 17.5 Å². The van der Waals surface area contributed by atoms with Crippen LogP contribution in [0.2, 0.25) is 5.02 Å². The van der Waals surface area contributed by atoms with Crippen LogP contribution in [0.5, 0.6) is 5.75 Å². The van der Waals surface area contributed by atoms with E-state index < -0.39 is 17.5 Å². The van der Waals surface area contributed by atoms with Gasteiger partial charge in [-0.3, -0.25) is 0 Å². The molecule has 0 saturated heterocycles. The highest BCUT2D eigenvalue weighted by molar-refractivity contribution is 6.30. The van der Waals surface area contributed by atoms with Crippen molar-refractivity contribution in [3.8, 4) is 5.75 Å². The van der Waals surface area contributed by atoms with E-state index in [-0.39, 0.29) is 18.3 Å². The highest BCUT2D eigenvalue weighted by Gasteiger charge is 2.23. The number of ether oxygens (including phenoxy) is 1. The van der Waals surface area contributed by atoms with Crippen LogP contribution in [-0.4, -0.2) is 12.6 Å². The summed E-state index contributed by atoms with van der Waals surface area (Å²) in [5.74, 6) is -3.19. The van der Waals surface area contributed by atoms with Crippen molar-refractivity contribution in [1.29, 1.82) is 0 Å². The largest absolute Gasteiger partial charge is 0.488 e. The molecule has 1 heterocycles. The lowest BCUT2D eigenvalue weighted by atomic mass is 10.1. The molecule has 0 fully saturated rings. The third kappa shape index (κ3) is 2.78. The maximum Gasteiger partial charge on any atom is 0.196 e. The van der Waals surface area contributed by atoms with Crippen LogP contribution in [0.15, 0.2) is 30.3 Å². The molecule has 0 spiro atoms. The number of fused-ring (bicyclic) bond motifs is 1. The van der Waals surface area contributed by atoms with Crippen LogP contribution >= 0.6 is 11.6 Å². The van der Waals surface area contributed by atoms with Crippen molar-refractivity contribution in [2.24, 2.45) is 0 Å². The Hall–Kier alpha value is -1.88. The molecule has 1 N–H and O–H groups in total. The SMILES string of the molecule is Fc1ccc(NCC2Cc3cc(Cl)ccc3O2)c(F)c1F. The van der Waals surface area contributed by atoms with Crippen molar-refractivity contribution in [2.75, 3.05) is 11.9 Å². The summed E-state index contributed by atoms with van der Waals surface area (Å²) in [5, 5.41) is 3.36. The van der Waals surface area contributed by atoms with Gasteiger partial charge in [0, 0.05) is 11.4 Å². The van der Waals surface area contributed by atoms with Gasteiger partial charge in [0.25, 0.3) is 0 Å². The smallest absolute Gasteiger partial charge is 0.196 e. The van der Waals surface area contributed by atoms with Crippen molar-refractivity contribution >= 4 is 17.3 Å². The van der Waals surface area contributed by atoms with Crippen LogP contribution < -0.4 is 10.1 Å². The van der Waals surface area contributed by atoms with E-state index in [1.165, 1.54) is 0 Å². The molecule has 0 amide bonds. The average molecular weight is 314 g/mol. The Balaban J connectivity index is 1.66. The van der Waals surface area contributed by atoms with Crippen molar-refractivity contribution in [2.45, 2.75) is 12.5 Å². The summed E-state index contributed by atoms with van der Waals surface area (Å²) in [7, 11) is 0. The van der Waals surface area contributed by atoms with Crippen LogP contribution in [0.1, 0.15) is 5.56 Å².